The Labute approximate surface area is 111 Å². The average molecular weight is 259 g/mol. The Morgan fingerprint density at radius 1 is 1.58 bits per heavy atom. The molecule has 1 aliphatic rings. The zero-order chi connectivity index (χ0) is 13.2. The van der Waals surface area contributed by atoms with Gasteiger partial charge in [-0.15, -0.1) is 0 Å². The van der Waals surface area contributed by atoms with Gasteiger partial charge in [-0.3, -0.25) is 9.69 Å². The lowest BCUT2D eigenvalue weighted by Gasteiger charge is -2.22. The maximum atomic E-state index is 10.9. The van der Waals surface area contributed by atoms with Crippen molar-refractivity contribution >= 4 is 17.0 Å². The van der Waals surface area contributed by atoms with Gasteiger partial charge >= 0.3 is 5.97 Å². The number of aliphatic carboxylic acids is 1. The Morgan fingerprint density at radius 3 is 3.32 bits per heavy atom. The maximum Gasteiger partial charge on any atom is 0.304 e. The lowest BCUT2D eigenvalue weighted by molar-refractivity contribution is -0.138. The molecule has 1 atom stereocenters. The molecule has 2 aromatic heterocycles. The highest BCUT2D eigenvalue weighted by atomic mass is 16.4. The van der Waals surface area contributed by atoms with Crippen molar-refractivity contribution in [2.24, 2.45) is 0 Å². The highest BCUT2D eigenvalue weighted by Gasteiger charge is 2.27. The summed E-state index contributed by atoms with van der Waals surface area (Å²) in [4.78, 5) is 20.6. The molecule has 0 bridgehead atoms. The van der Waals surface area contributed by atoms with E-state index in [-0.39, 0.29) is 12.5 Å². The molecule has 1 saturated heterocycles. The van der Waals surface area contributed by atoms with Crippen molar-refractivity contribution in [2.45, 2.75) is 31.8 Å². The number of carboxylic acid groups (broad SMARTS) is 1. The van der Waals surface area contributed by atoms with Crippen LogP contribution in [-0.4, -0.2) is 38.5 Å². The first-order chi connectivity index (χ1) is 9.24. The highest BCUT2D eigenvalue weighted by molar-refractivity contribution is 5.79. The lowest BCUT2D eigenvalue weighted by Crippen LogP contribution is -2.30. The number of pyridine rings is 1. The first-order valence-electron chi connectivity index (χ1n) is 6.61. The van der Waals surface area contributed by atoms with Crippen LogP contribution in [0, 0.1) is 0 Å². The molecule has 0 aromatic carbocycles. The molecule has 3 rings (SSSR count). The third-order valence-corrected chi connectivity index (χ3v) is 3.82. The molecule has 0 saturated carbocycles. The van der Waals surface area contributed by atoms with Crippen LogP contribution in [0.3, 0.4) is 0 Å². The van der Waals surface area contributed by atoms with Gasteiger partial charge < -0.3 is 10.1 Å². The number of aromatic amines is 1. The second-order valence-electron chi connectivity index (χ2n) is 5.08. The van der Waals surface area contributed by atoms with Gasteiger partial charge in [-0.2, -0.15) is 0 Å². The molecule has 0 spiro atoms. The van der Waals surface area contributed by atoms with Crippen LogP contribution in [0.1, 0.15) is 24.8 Å². The number of likely N-dealkylation sites (tertiary alicyclic amines) is 1. The van der Waals surface area contributed by atoms with Gasteiger partial charge in [-0.1, -0.05) is 0 Å². The van der Waals surface area contributed by atoms with Crippen LogP contribution in [0.15, 0.2) is 24.5 Å². The summed E-state index contributed by atoms with van der Waals surface area (Å²) in [6, 6.07) is 4.15. The van der Waals surface area contributed by atoms with Crippen molar-refractivity contribution in [3.05, 3.63) is 30.1 Å². The van der Waals surface area contributed by atoms with Gasteiger partial charge in [-0.25, -0.2) is 4.98 Å². The van der Waals surface area contributed by atoms with E-state index in [2.05, 4.69) is 20.9 Å². The second-order valence-corrected chi connectivity index (χ2v) is 5.08. The number of nitrogens with zero attached hydrogens (tertiary/aromatic N) is 2. The highest BCUT2D eigenvalue weighted by Crippen LogP contribution is 2.25. The number of hydrogen-bond donors (Lipinski definition) is 2. The van der Waals surface area contributed by atoms with Crippen molar-refractivity contribution in [3.8, 4) is 0 Å². The molecule has 2 aromatic rings. The summed E-state index contributed by atoms with van der Waals surface area (Å²) >= 11 is 0. The third kappa shape index (κ3) is 2.46. The predicted molar refractivity (Wildman–Crippen MR) is 71.8 cm³/mol. The SMILES string of the molecule is O=C(O)CC1CCCN1Cc1c[nH]c2ncccc12. The van der Waals surface area contributed by atoms with Crippen molar-refractivity contribution < 1.29 is 9.90 Å². The molecule has 0 radical (unpaired) electrons. The normalized spacial score (nSPS) is 20.1. The van der Waals surface area contributed by atoms with E-state index in [9.17, 15) is 4.79 Å². The molecular weight excluding hydrogens is 242 g/mol. The molecule has 5 heteroatoms. The maximum absolute atomic E-state index is 10.9. The largest absolute Gasteiger partial charge is 0.481 e. The van der Waals surface area contributed by atoms with Crippen LogP contribution in [-0.2, 0) is 11.3 Å². The first-order valence-corrected chi connectivity index (χ1v) is 6.61. The average Bonchev–Trinajstić information content (AvgIpc) is 2.98. The van der Waals surface area contributed by atoms with E-state index in [1.165, 1.54) is 5.56 Å². The van der Waals surface area contributed by atoms with Crippen LogP contribution in [0.4, 0.5) is 0 Å². The predicted octanol–water partition coefficient (Wildman–Crippen LogP) is 2.00. The van der Waals surface area contributed by atoms with Gasteiger partial charge in [0.2, 0.25) is 0 Å². The second kappa shape index (κ2) is 5.01. The van der Waals surface area contributed by atoms with Crippen LogP contribution in [0.5, 0.6) is 0 Å². The number of fused-ring (bicyclic) bond motifs is 1. The molecular formula is C14H17N3O2. The molecule has 19 heavy (non-hydrogen) atoms. The minimum atomic E-state index is -0.711. The van der Waals surface area contributed by atoms with Crippen molar-refractivity contribution in [1.29, 1.82) is 0 Å². The van der Waals surface area contributed by atoms with E-state index in [4.69, 9.17) is 5.11 Å². The van der Waals surface area contributed by atoms with Crippen molar-refractivity contribution in [2.75, 3.05) is 6.54 Å². The molecule has 0 amide bonds. The Bertz CT molecular complexity index is 593. The summed E-state index contributed by atoms with van der Waals surface area (Å²) in [6.45, 7) is 1.77. The summed E-state index contributed by atoms with van der Waals surface area (Å²) in [5, 5.41) is 10.1. The number of carboxylic acids is 1. The van der Waals surface area contributed by atoms with Crippen LogP contribution >= 0.6 is 0 Å². The van der Waals surface area contributed by atoms with Crippen molar-refractivity contribution in [3.63, 3.8) is 0 Å². The number of rotatable bonds is 4. The Hall–Kier alpha value is -1.88. The monoisotopic (exact) mass is 259 g/mol. The quantitative estimate of drug-likeness (QED) is 0.881. The molecule has 2 N–H and O–H groups in total. The first kappa shape index (κ1) is 12.2. The fourth-order valence-corrected chi connectivity index (χ4v) is 2.90. The van der Waals surface area contributed by atoms with Crippen LogP contribution < -0.4 is 0 Å². The van der Waals surface area contributed by atoms with Crippen LogP contribution in [0.25, 0.3) is 11.0 Å². The smallest absolute Gasteiger partial charge is 0.304 e. The number of aromatic nitrogens is 2. The minimum Gasteiger partial charge on any atom is -0.481 e. The number of carbonyl (C=O) groups is 1. The van der Waals surface area contributed by atoms with Crippen molar-refractivity contribution in [1.82, 2.24) is 14.9 Å². The van der Waals surface area contributed by atoms with Gasteiger partial charge in [0, 0.05) is 30.4 Å². The molecule has 0 aliphatic carbocycles. The van der Waals surface area contributed by atoms with E-state index in [1.54, 1.807) is 6.20 Å². The molecule has 1 unspecified atom stereocenters. The summed E-state index contributed by atoms with van der Waals surface area (Å²) in [7, 11) is 0. The van der Waals surface area contributed by atoms with Crippen LogP contribution in [0.2, 0.25) is 0 Å². The summed E-state index contributed by atoms with van der Waals surface area (Å²) in [5.74, 6) is -0.711. The Kier molecular flexibility index (Phi) is 3.21. The van der Waals surface area contributed by atoms with E-state index in [0.29, 0.717) is 0 Å². The van der Waals surface area contributed by atoms with Gasteiger partial charge in [0.1, 0.15) is 5.65 Å². The Balaban J connectivity index is 1.78. The molecule has 3 heterocycles. The fraction of sp³-hybridized carbons (Fsp3) is 0.429. The summed E-state index contributed by atoms with van der Waals surface area (Å²) < 4.78 is 0. The number of hydrogen-bond acceptors (Lipinski definition) is 3. The number of H-pyrrole nitrogens is 1. The number of nitrogens with one attached hydrogen (secondary N) is 1. The standard InChI is InChI=1S/C14H17N3O2/c18-13(19)7-11-3-2-6-17(11)9-10-8-16-14-12(10)4-1-5-15-14/h1,4-5,8,11H,2-3,6-7,9H2,(H,15,16)(H,18,19). The van der Waals surface area contributed by atoms with E-state index < -0.39 is 5.97 Å². The lowest BCUT2D eigenvalue weighted by atomic mass is 10.1. The molecule has 1 fully saturated rings. The molecule has 100 valence electrons. The zero-order valence-electron chi connectivity index (χ0n) is 10.7. The Morgan fingerprint density at radius 2 is 2.47 bits per heavy atom. The van der Waals surface area contributed by atoms with E-state index in [0.717, 1.165) is 37.0 Å². The summed E-state index contributed by atoms with van der Waals surface area (Å²) in [5.41, 5.74) is 2.09. The molecule has 5 nitrogen and oxygen atoms in total. The fourth-order valence-electron chi connectivity index (χ4n) is 2.90. The minimum absolute atomic E-state index is 0.166. The van der Waals surface area contributed by atoms with Gasteiger partial charge in [0.15, 0.2) is 0 Å². The third-order valence-electron chi connectivity index (χ3n) is 3.82. The van der Waals surface area contributed by atoms with E-state index >= 15 is 0 Å². The molecule has 1 aliphatic heterocycles. The summed E-state index contributed by atoms with van der Waals surface area (Å²) in [6.07, 6.45) is 6.05. The van der Waals surface area contributed by atoms with Gasteiger partial charge in [-0.05, 0) is 37.1 Å². The van der Waals surface area contributed by atoms with E-state index in [1.807, 2.05) is 12.3 Å². The van der Waals surface area contributed by atoms with Gasteiger partial charge in [0.05, 0.1) is 6.42 Å². The topological polar surface area (TPSA) is 69.2 Å². The zero-order valence-corrected chi connectivity index (χ0v) is 10.7. The van der Waals surface area contributed by atoms with Gasteiger partial charge in [0.25, 0.3) is 0 Å².